The zero-order valence-electron chi connectivity index (χ0n) is 24.3. The van der Waals surface area contributed by atoms with Crippen molar-refractivity contribution in [3.63, 3.8) is 0 Å². The minimum atomic E-state index is -3.76. The summed E-state index contributed by atoms with van der Waals surface area (Å²) in [6.45, 7) is 6.02. The van der Waals surface area contributed by atoms with E-state index in [4.69, 9.17) is 23.2 Å². The molecule has 2 unspecified atom stereocenters. The Labute approximate surface area is 264 Å². The third-order valence-electron chi connectivity index (χ3n) is 8.73. The summed E-state index contributed by atoms with van der Waals surface area (Å²) in [7, 11) is -3.76. The van der Waals surface area contributed by atoms with E-state index >= 15 is 0 Å². The molecule has 43 heavy (non-hydrogen) atoms. The van der Waals surface area contributed by atoms with Crippen molar-refractivity contribution in [1.82, 2.24) is 4.90 Å². The molecule has 1 heterocycles. The van der Waals surface area contributed by atoms with Crippen LogP contribution < -0.4 is 4.31 Å². The lowest BCUT2D eigenvalue weighted by Gasteiger charge is -2.52. The van der Waals surface area contributed by atoms with Crippen molar-refractivity contribution in [2.45, 2.75) is 50.6 Å². The summed E-state index contributed by atoms with van der Waals surface area (Å²) >= 11 is 12.8. The van der Waals surface area contributed by atoms with Crippen LogP contribution in [0.4, 0.5) is 5.69 Å². The number of hydrogen-bond acceptors (Lipinski definition) is 4. The predicted octanol–water partition coefficient (Wildman–Crippen LogP) is 7.75. The highest BCUT2D eigenvalue weighted by Gasteiger charge is 2.54. The number of carbonyl (C=O) groups is 1. The van der Waals surface area contributed by atoms with E-state index in [0.717, 1.165) is 24.0 Å². The summed E-state index contributed by atoms with van der Waals surface area (Å²) in [5.41, 5.74) is 1.94. The van der Waals surface area contributed by atoms with Crippen LogP contribution in [0.5, 0.6) is 0 Å². The van der Waals surface area contributed by atoms with Gasteiger partial charge < -0.3 is 4.90 Å². The largest absolute Gasteiger partial charge is 0.329 e. The third kappa shape index (κ3) is 6.62. The van der Waals surface area contributed by atoms with Gasteiger partial charge in [-0.2, -0.15) is 5.26 Å². The van der Waals surface area contributed by atoms with Gasteiger partial charge in [-0.3, -0.25) is 9.10 Å². The Morgan fingerprint density at radius 3 is 2.37 bits per heavy atom. The summed E-state index contributed by atoms with van der Waals surface area (Å²) in [6, 6.07) is 23.2. The number of rotatable bonds is 10. The molecule has 1 amide bonds. The SMILES string of the molecule is C=CC[C@@]1(C)C[C@H](c2cccc(Cl)c2)C(c2ccc(Cl)cc2)N(C(CN(c2cccc(C#N)c2)S(C)(=O)=O)C2CC2)C1=O. The first kappa shape index (κ1) is 31.1. The topological polar surface area (TPSA) is 81.5 Å². The van der Waals surface area contributed by atoms with Gasteiger partial charge in [0, 0.05) is 16.0 Å². The standard InChI is InChI=1S/C34H35Cl2N3O3S/c1-4-17-34(2)20-30(26-8-6-9-28(36)19-26)32(25-13-15-27(35)16-14-25)39(33(34)40)31(24-11-12-24)22-38(43(3,41)42)29-10-5-7-23(18-29)21-37/h4-10,13-16,18-19,24,30-32H,1,11-12,17,20,22H2,2-3H3/t30-,31?,32?,34+/m1/s1. The minimum Gasteiger partial charge on any atom is -0.329 e. The molecule has 3 aromatic rings. The second kappa shape index (κ2) is 12.4. The Bertz CT molecular complexity index is 1670. The van der Waals surface area contributed by atoms with Gasteiger partial charge >= 0.3 is 0 Å². The number of likely N-dealkylation sites (tertiary alicyclic amines) is 1. The van der Waals surface area contributed by atoms with Gasteiger partial charge in [0.15, 0.2) is 0 Å². The van der Waals surface area contributed by atoms with Crippen LogP contribution in [0.25, 0.3) is 0 Å². The van der Waals surface area contributed by atoms with Gasteiger partial charge in [-0.05, 0) is 85.2 Å². The van der Waals surface area contributed by atoms with Crippen LogP contribution >= 0.6 is 23.2 Å². The van der Waals surface area contributed by atoms with Crippen molar-refractivity contribution in [1.29, 1.82) is 5.26 Å². The van der Waals surface area contributed by atoms with Crippen LogP contribution in [0.2, 0.25) is 10.0 Å². The highest BCUT2D eigenvalue weighted by atomic mass is 35.5. The van der Waals surface area contributed by atoms with E-state index in [1.165, 1.54) is 10.6 Å². The first-order valence-electron chi connectivity index (χ1n) is 14.4. The number of piperidine rings is 1. The molecule has 4 atom stereocenters. The number of nitriles is 1. The number of nitrogens with zero attached hydrogens (tertiary/aromatic N) is 3. The van der Waals surface area contributed by atoms with Crippen molar-refractivity contribution in [3.8, 4) is 6.07 Å². The van der Waals surface area contributed by atoms with Gasteiger partial charge in [0.05, 0.1) is 47.6 Å². The lowest BCUT2D eigenvalue weighted by atomic mass is 9.67. The van der Waals surface area contributed by atoms with Crippen molar-refractivity contribution >= 4 is 44.8 Å². The maximum absolute atomic E-state index is 14.8. The fraction of sp³-hybridized carbons (Fsp3) is 0.353. The van der Waals surface area contributed by atoms with E-state index in [-0.39, 0.29) is 24.3 Å². The van der Waals surface area contributed by atoms with Crippen molar-refractivity contribution in [2.75, 3.05) is 17.1 Å². The molecule has 1 aliphatic carbocycles. The fourth-order valence-electron chi connectivity index (χ4n) is 6.53. The zero-order chi connectivity index (χ0) is 30.9. The number of anilines is 1. The number of hydrogen-bond donors (Lipinski definition) is 0. The lowest BCUT2D eigenvalue weighted by Crippen LogP contribution is -2.59. The van der Waals surface area contributed by atoms with E-state index in [9.17, 15) is 18.5 Å². The second-order valence-corrected chi connectivity index (χ2v) is 14.8. The second-order valence-electron chi connectivity index (χ2n) is 12.0. The predicted molar refractivity (Wildman–Crippen MR) is 173 cm³/mol. The third-order valence-corrected chi connectivity index (χ3v) is 10.4. The molecule has 2 fully saturated rings. The van der Waals surface area contributed by atoms with E-state index < -0.39 is 27.5 Å². The summed E-state index contributed by atoms with van der Waals surface area (Å²) in [4.78, 5) is 16.8. The Kier molecular flexibility index (Phi) is 8.94. The number of sulfonamides is 1. The molecule has 6 nitrogen and oxygen atoms in total. The summed E-state index contributed by atoms with van der Waals surface area (Å²) in [5, 5.41) is 10.7. The number of amides is 1. The fourth-order valence-corrected chi connectivity index (χ4v) is 7.78. The molecule has 0 aromatic heterocycles. The number of benzene rings is 3. The van der Waals surface area contributed by atoms with E-state index in [1.54, 1.807) is 30.3 Å². The molecule has 3 aromatic carbocycles. The quantitative estimate of drug-likeness (QED) is 0.213. The smallest absolute Gasteiger partial charge is 0.232 e. The molecule has 2 aliphatic rings. The van der Waals surface area contributed by atoms with Crippen LogP contribution in [0.3, 0.4) is 0 Å². The average Bonchev–Trinajstić information content (AvgIpc) is 3.81. The molecule has 5 rings (SSSR count). The van der Waals surface area contributed by atoms with E-state index in [0.29, 0.717) is 34.1 Å². The van der Waals surface area contributed by atoms with Crippen LogP contribution in [-0.4, -0.2) is 38.1 Å². The van der Waals surface area contributed by atoms with Crippen LogP contribution in [-0.2, 0) is 14.8 Å². The molecule has 1 saturated carbocycles. The molecule has 0 radical (unpaired) electrons. The summed E-state index contributed by atoms with van der Waals surface area (Å²) < 4.78 is 28.0. The normalized spacial score (nSPS) is 23.0. The Morgan fingerprint density at radius 1 is 1.07 bits per heavy atom. The Hall–Kier alpha value is -3.31. The first-order valence-corrected chi connectivity index (χ1v) is 17.0. The van der Waals surface area contributed by atoms with Crippen LogP contribution in [0, 0.1) is 22.7 Å². The molecule has 0 spiro atoms. The monoisotopic (exact) mass is 635 g/mol. The Morgan fingerprint density at radius 2 is 1.77 bits per heavy atom. The maximum atomic E-state index is 14.8. The van der Waals surface area contributed by atoms with Gasteiger partial charge in [0.25, 0.3) is 0 Å². The van der Waals surface area contributed by atoms with Gasteiger partial charge in [0.2, 0.25) is 15.9 Å². The highest BCUT2D eigenvalue weighted by Crippen LogP contribution is 2.54. The molecule has 0 bridgehead atoms. The van der Waals surface area contributed by atoms with Gasteiger partial charge in [-0.1, -0.05) is 66.5 Å². The Balaban J connectivity index is 1.70. The molecular formula is C34H35Cl2N3O3S. The van der Waals surface area contributed by atoms with Crippen molar-refractivity contribution in [2.24, 2.45) is 11.3 Å². The molecule has 1 aliphatic heterocycles. The lowest BCUT2D eigenvalue weighted by molar-refractivity contribution is -0.154. The van der Waals surface area contributed by atoms with E-state index in [1.807, 2.05) is 60.4 Å². The van der Waals surface area contributed by atoms with Crippen molar-refractivity contribution < 1.29 is 13.2 Å². The van der Waals surface area contributed by atoms with Crippen LogP contribution in [0.15, 0.2) is 85.5 Å². The minimum absolute atomic E-state index is 0.0262. The molecule has 224 valence electrons. The number of halogens is 2. The summed E-state index contributed by atoms with van der Waals surface area (Å²) in [5.74, 6) is -0.0348. The number of allylic oxidation sites excluding steroid dienone is 1. The zero-order valence-corrected chi connectivity index (χ0v) is 26.6. The molecule has 9 heteroatoms. The molecular weight excluding hydrogens is 601 g/mol. The van der Waals surface area contributed by atoms with Gasteiger partial charge in [-0.25, -0.2) is 8.42 Å². The molecule has 0 N–H and O–H groups in total. The first-order chi connectivity index (χ1) is 20.4. The van der Waals surface area contributed by atoms with Crippen molar-refractivity contribution in [3.05, 3.63) is 112 Å². The van der Waals surface area contributed by atoms with Gasteiger partial charge in [0.1, 0.15) is 0 Å². The highest BCUT2D eigenvalue weighted by molar-refractivity contribution is 7.92. The van der Waals surface area contributed by atoms with Crippen LogP contribution in [0.1, 0.15) is 61.3 Å². The molecule has 1 saturated heterocycles. The van der Waals surface area contributed by atoms with Gasteiger partial charge in [-0.15, -0.1) is 6.58 Å². The van der Waals surface area contributed by atoms with E-state index in [2.05, 4.69) is 12.6 Å². The average molecular weight is 637 g/mol. The maximum Gasteiger partial charge on any atom is 0.232 e. The summed E-state index contributed by atoms with van der Waals surface area (Å²) in [6.07, 6.45) is 5.77. The number of carbonyl (C=O) groups excluding carboxylic acids is 1.